The number of nitrogens with zero attached hydrogens (tertiary/aromatic N) is 1. The predicted molar refractivity (Wildman–Crippen MR) is 98.7 cm³/mol. The van der Waals surface area contributed by atoms with Crippen LogP contribution in [-0.2, 0) is 0 Å². The maximum Gasteiger partial charge on any atom is 0.203 e. The molecule has 0 spiro atoms. The summed E-state index contributed by atoms with van der Waals surface area (Å²) < 4.78 is 16.1. The van der Waals surface area contributed by atoms with Gasteiger partial charge >= 0.3 is 0 Å². The summed E-state index contributed by atoms with van der Waals surface area (Å²) in [5.74, 6) is 1.33. The van der Waals surface area contributed by atoms with Crippen LogP contribution in [0.1, 0.15) is 18.6 Å². The van der Waals surface area contributed by atoms with E-state index in [1.807, 2.05) is 11.8 Å². The summed E-state index contributed by atoms with van der Waals surface area (Å²) >= 11 is 0. The summed E-state index contributed by atoms with van der Waals surface area (Å²) in [4.78, 5) is 1.93. The van der Waals surface area contributed by atoms with Gasteiger partial charge in [-0.25, -0.2) is 0 Å². The molecule has 2 rings (SSSR count). The van der Waals surface area contributed by atoms with E-state index in [4.69, 9.17) is 14.2 Å². The number of likely N-dealkylation sites (N-methyl/N-ethyl adjacent to an activating group) is 1. The number of hydrogen-bond donors (Lipinski definition) is 3. The molecule has 7 heteroatoms. The fourth-order valence-electron chi connectivity index (χ4n) is 2.79. The summed E-state index contributed by atoms with van der Waals surface area (Å²) in [5.41, 5.74) is 1.21. The molecule has 142 valence electrons. The van der Waals surface area contributed by atoms with Gasteiger partial charge in [-0.1, -0.05) is 0 Å². The standard InChI is InChI=1S/C19H25NO6/c1-5-20(11-16(23)12-6-14(21)10-15(22)7-12)13-8-17(24-2)19(26-4)18(9-13)25-3/h6-10,16,21-23H,5,11H2,1-4H3/t16-/m0/s1. The molecule has 26 heavy (non-hydrogen) atoms. The minimum Gasteiger partial charge on any atom is -0.508 e. The smallest absolute Gasteiger partial charge is 0.203 e. The molecule has 2 aromatic rings. The van der Waals surface area contributed by atoms with Gasteiger partial charge in [0.1, 0.15) is 11.5 Å². The number of aromatic hydroxyl groups is 2. The second kappa shape index (κ2) is 8.53. The summed E-state index contributed by atoms with van der Waals surface area (Å²) in [6.07, 6.45) is -0.910. The van der Waals surface area contributed by atoms with Crippen LogP contribution >= 0.6 is 0 Å². The Labute approximate surface area is 153 Å². The lowest BCUT2D eigenvalue weighted by Gasteiger charge is -2.27. The molecule has 0 aliphatic carbocycles. The maximum absolute atomic E-state index is 10.5. The van der Waals surface area contributed by atoms with Gasteiger partial charge in [-0.15, -0.1) is 0 Å². The summed E-state index contributed by atoms with van der Waals surface area (Å²) in [6, 6.07) is 7.67. The van der Waals surface area contributed by atoms with Crippen LogP contribution in [-0.4, -0.2) is 49.7 Å². The lowest BCUT2D eigenvalue weighted by Crippen LogP contribution is -2.28. The average Bonchev–Trinajstić information content (AvgIpc) is 2.63. The van der Waals surface area contributed by atoms with Gasteiger partial charge in [-0.2, -0.15) is 0 Å². The monoisotopic (exact) mass is 363 g/mol. The van der Waals surface area contributed by atoms with Gasteiger partial charge in [0.2, 0.25) is 5.75 Å². The molecule has 0 bridgehead atoms. The van der Waals surface area contributed by atoms with Crippen molar-refractivity contribution in [1.82, 2.24) is 0 Å². The molecule has 2 aromatic carbocycles. The lowest BCUT2D eigenvalue weighted by molar-refractivity contribution is 0.183. The molecule has 7 nitrogen and oxygen atoms in total. The number of ether oxygens (including phenoxy) is 3. The van der Waals surface area contributed by atoms with E-state index in [0.717, 1.165) is 5.69 Å². The van der Waals surface area contributed by atoms with Crippen molar-refractivity contribution in [1.29, 1.82) is 0 Å². The Kier molecular flexibility index (Phi) is 6.41. The van der Waals surface area contributed by atoms with Crippen molar-refractivity contribution >= 4 is 5.69 Å². The Balaban J connectivity index is 2.33. The number of hydrogen-bond acceptors (Lipinski definition) is 7. The third-order valence-electron chi connectivity index (χ3n) is 4.10. The van der Waals surface area contributed by atoms with E-state index >= 15 is 0 Å². The zero-order valence-corrected chi connectivity index (χ0v) is 15.4. The van der Waals surface area contributed by atoms with Gasteiger partial charge < -0.3 is 34.4 Å². The normalized spacial score (nSPS) is 11.7. The summed E-state index contributed by atoms with van der Waals surface area (Å²) in [5, 5.41) is 29.8. The highest BCUT2D eigenvalue weighted by atomic mass is 16.5. The van der Waals surface area contributed by atoms with E-state index < -0.39 is 6.10 Å². The number of anilines is 1. The van der Waals surface area contributed by atoms with E-state index in [-0.39, 0.29) is 18.0 Å². The predicted octanol–water partition coefficient (Wildman–Crippen LogP) is 2.68. The Morgan fingerprint density at radius 2 is 1.42 bits per heavy atom. The first-order valence-electron chi connectivity index (χ1n) is 8.19. The molecular weight excluding hydrogens is 338 g/mol. The minimum absolute atomic E-state index is 0.102. The highest BCUT2D eigenvalue weighted by molar-refractivity contribution is 5.63. The van der Waals surface area contributed by atoms with Crippen LogP contribution in [0.15, 0.2) is 30.3 Å². The molecule has 0 saturated carbocycles. The average molecular weight is 363 g/mol. The van der Waals surface area contributed by atoms with E-state index in [2.05, 4.69) is 0 Å². The lowest BCUT2D eigenvalue weighted by atomic mass is 10.1. The van der Waals surface area contributed by atoms with Gasteiger partial charge in [0, 0.05) is 37.0 Å². The topological polar surface area (TPSA) is 91.6 Å². The Bertz CT molecular complexity index is 704. The zero-order chi connectivity index (χ0) is 19.3. The fraction of sp³-hybridized carbons (Fsp3) is 0.368. The van der Waals surface area contributed by atoms with E-state index in [1.165, 1.54) is 25.3 Å². The number of phenols is 2. The van der Waals surface area contributed by atoms with Gasteiger partial charge in [0.15, 0.2) is 11.5 Å². The van der Waals surface area contributed by atoms with Crippen molar-refractivity contribution < 1.29 is 29.5 Å². The Morgan fingerprint density at radius 3 is 1.85 bits per heavy atom. The molecule has 0 aromatic heterocycles. The van der Waals surface area contributed by atoms with Crippen LogP contribution in [0.2, 0.25) is 0 Å². The van der Waals surface area contributed by atoms with Crippen molar-refractivity contribution in [3.8, 4) is 28.7 Å². The Hall–Kier alpha value is -2.80. The van der Waals surface area contributed by atoms with Crippen molar-refractivity contribution in [2.75, 3.05) is 39.3 Å². The highest BCUT2D eigenvalue weighted by Gasteiger charge is 2.19. The number of methoxy groups -OCH3 is 3. The fourth-order valence-corrected chi connectivity index (χ4v) is 2.79. The number of benzene rings is 2. The van der Waals surface area contributed by atoms with Crippen molar-refractivity contribution in [2.24, 2.45) is 0 Å². The second-order valence-corrected chi connectivity index (χ2v) is 5.72. The van der Waals surface area contributed by atoms with Gasteiger partial charge in [0.25, 0.3) is 0 Å². The molecule has 0 radical (unpaired) electrons. The number of aliphatic hydroxyl groups is 1. The first-order valence-corrected chi connectivity index (χ1v) is 8.19. The number of rotatable bonds is 8. The second-order valence-electron chi connectivity index (χ2n) is 5.72. The van der Waals surface area contributed by atoms with Gasteiger partial charge in [-0.3, -0.25) is 0 Å². The zero-order valence-electron chi connectivity index (χ0n) is 15.4. The molecule has 0 heterocycles. The first kappa shape index (κ1) is 19.5. The van der Waals surface area contributed by atoms with Gasteiger partial charge in [-0.05, 0) is 24.6 Å². The summed E-state index contributed by atoms with van der Waals surface area (Å²) in [7, 11) is 4.62. The first-order chi connectivity index (χ1) is 12.4. The van der Waals surface area contributed by atoms with Crippen molar-refractivity contribution in [2.45, 2.75) is 13.0 Å². The molecule has 0 aliphatic heterocycles. The molecule has 0 unspecified atom stereocenters. The van der Waals surface area contributed by atoms with E-state index in [0.29, 0.717) is 29.4 Å². The van der Waals surface area contributed by atoms with Crippen LogP contribution in [0.25, 0.3) is 0 Å². The van der Waals surface area contributed by atoms with Crippen molar-refractivity contribution in [3.05, 3.63) is 35.9 Å². The molecule has 3 N–H and O–H groups in total. The maximum atomic E-state index is 10.5. The van der Waals surface area contributed by atoms with Gasteiger partial charge in [0.05, 0.1) is 27.4 Å². The molecule has 0 aliphatic rings. The molecular formula is C19H25NO6. The van der Waals surface area contributed by atoms with Crippen LogP contribution < -0.4 is 19.1 Å². The third kappa shape index (κ3) is 4.23. The van der Waals surface area contributed by atoms with Crippen LogP contribution in [0, 0.1) is 0 Å². The largest absolute Gasteiger partial charge is 0.508 e. The molecule has 0 saturated heterocycles. The van der Waals surface area contributed by atoms with E-state index in [9.17, 15) is 15.3 Å². The van der Waals surface area contributed by atoms with Crippen LogP contribution in [0.5, 0.6) is 28.7 Å². The minimum atomic E-state index is -0.910. The SMILES string of the molecule is CCN(C[C@H](O)c1cc(O)cc(O)c1)c1cc(OC)c(OC)c(OC)c1. The number of phenolic OH excluding ortho intramolecular Hbond substituents is 2. The number of aliphatic hydroxyl groups excluding tert-OH is 1. The highest BCUT2D eigenvalue weighted by Crippen LogP contribution is 2.41. The summed E-state index contributed by atoms with van der Waals surface area (Å²) in [6.45, 7) is 2.81. The molecule has 1 atom stereocenters. The van der Waals surface area contributed by atoms with Crippen LogP contribution in [0.3, 0.4) is 0 Å². The Morgan fingerprint density at radius 1 is 0.885 bits per heavy atom. The third-order valence-corrected chi connectivity index (χ3v) is 4.10. The quantitative estimate of drug-likeness (QED) is 0.664. The van der Waals surface area contributed by atoms with E-state index in [1.54, 1.807) is 26.4 Å². The van der Waals surface area contributed by atoms with Crippen molar-refractivity contribution in [3.63, 3.8) is 0 Å². The molecule has 0 fully saturated rings. The van der Waals surface area contributed by atoms with Crippen LogP contribution in [0.4, 0.5) is 5.69 Å². The molecule has 0 amide bonds.